The van der Waals surface area contributed by atoms with Crippen LogP contribution in [-0.4, -0.2) is 19.5 Å². The second kappa shape index (κ2) is 11.6. The van der Waals surface area contributed by atoms with Crippen LogP contribution in [-0.2, 0) is 0 Å². The zero-order chi connectivity index (χ0) is 33.0. The second-order valence-corrected chi connectivity index (χ2v) is 13.5. The van der Waals surface area contributed by atoms with E-state index in [1.54, 1.807) is 11.3 Å². The van der Waals surface area contributed by atoms with Crippen molar-refractivity contribution in [2.75, 3.05) is 0 Å². The van der Waals surface area contributed by atoms with E-state index in [1.165, 1.54) is 48.5 Å². The predicted octanol–water partition coefficient (Wildman–Crippen LogP) is 12.0. The van der Waals surface area contributed by atoms with Gasteiger partial charge >= 0.3 is 0 Å². The van der Waals surface area contributed by atoms with Crippen LogP contribution < -0.4 is 0 Å². The molecule has 0 bridgehead atoms. The van der Waals surface area contributed by atoms with Crippen LogP contribution in [0.5, 0.6) is 0 Å². The molecule has 50 heavy (non-hydrogen) atoms. The number of rotatable bonds is 5. The molecule has 10 rings (SSSR count). The van der Waals surface area contributed by atoms with Gasteiger partial charge in [-0.3, -0.25) is 4.57 Å². The molecule has 0 amide bonds. The minimum absolute atomic E-state index is 0.602. The third-order valence-corrected chi connectivity index (χ3v) is 10.7. The molecule has 0 aliphatic heterocycles. The lowest BCUT2D eigenvalue weighted by Crippen LogP contribution is -2.06. The number of hydrogen-bond donors (Lipinski definition) is 0. The standard InChI is InChI=1S/C45H28N4S/c1-3-12-29(13-4-1)30-22-24-31(25-23-30)33-26-27-41-38(28-33)36-18-11-19-37(42(36)50-41)44-46-43(32-14-5-2-6-15-32)47-45(48-44)49-39-20-9-7-16-34(39)35-17-8-10-21-40(35)49/h1-28H. The van der Waals surface area contributed by atoms with Crippen LogP contribution in [0.1, 0.15) is 0 Å². The minimum atomic E-state index is 0.602. The fraction of sp³-hybridized carbons (Fsp3) is 0. The third-order valence-electron chi connectivity index (χ3n) is 9.50. The summed E-state index contributed by atoms with van der Waals surface area (Å²) in [5, 5.41) is 4.77. The first-order valence-electron chi connectivity index (χ1n) is 16.7. The van der Waals surface area contributed by atoms with Crippen molar-refractivity contribution in [3.8, 4) is 51.0 Å². The van der Waals surface area contributed by atoms with E-state index in [2.05, 4.69) is 156 Å². The topological polar surface area (TPSA) is 43.6 Å². The Balaban J connectivity index is 1.15. The number of fused-ring (bicyclic) bond motifs is 6. The summed E-state index contributed by atoms with van der Waals surface area (Å²) in [7, 11) is 0. The molecule has 0 N–H and O–H groups in total. The quantitative estimate of drug-likeness (QED) is 0.185. The summed E-state index contributed by atoms with van der Waals surface area (Å²) >= 11 is 1.79. The number of aromatic nitrogens is 4. The Morgan fingerprint density at radius 2 is 0.920 bits per heavy atom. The SMILES string of the molecule is c1ccc(-c2ccc(-c3ccc4sc5c(-c6nc(-c7ccccc7)nc(-n7c8ccccc8c8ccccc87)n6)cccc5c4c3)cc2)cc1. The smallest absolute Gasteiger partial charge is 0.238 e. The number of para-hydroxylation sites is 2. The zero-order valence-corrected chi connectivity index (χ0v) is 27.7. The van der Waals surface area contributed by atoms with E-state index in [4.69, 9.17) is 15.0 Å². The van der Waals surface area contributed by atoms with Gasteiger partial charge in [0.15, 0.2) is 11.6 Å². The van der Waals surface area contributed by atoms with Crippen LogP contribution in [0.15, 0.2) is 170 Å². The van der Waals surface area contributed by atoms with Crippen molar-refractivity contribution >= 4 is 53.3 Å². The first-order chi connectivity index (χ1) is 24.8. The van der Waals surface area contributed by atoms with Crippen LogP contribution in [0.2, 0.25) is 0 Å². The van der Waals surface area contributed by atoms with Gasteiger partial charge in [-0.2, -0.15) is 9.97 Å². The molecule has 234 valence electrons. The van der Waals surface area contributed by atoms with Gasteiger partial charge in [0, 0.05) is 42.1 Å². The van der Waals surface area contributed by atoms with Crippen LogP contribution in [0.4, 0.5) is 0 Å². The van der Waals surface area contributed by atoms with Crippen LogP contribution in [0.25, 0.3) is 93.0 Å². The average molecular weight is 657 g/mol. The van der Waals surface area contributed by atoms with Crippen molar-refractivity contribution in [1.82, 2.24) is 19.5 Å². The van der Waals surface area contributed by atoms with E-state index < -0.39 is 0 Å². The van der Waals surface area contributed by atoms with Crippen LogP contribution >= 0.6 is 11.3 Å². The monoisotopic (exact) mass is 656 g/mol. The molecule has 0 radical (unpaired) electrons. The van der Waals surface area contributed by atoms with Gasteiger partial charge in [-0.1, -0.05) is 140 Å². The van der Waals surface area contributed by atoms with E-state index in [9.17, 15) is 0 Å². The summed E-state index contributed by atoms with van der Waals surface area (Å²) in [6.07, 6.45) is 0. The normalized spacial score (nSPS) is 11.6. The maximum atomic E-state index is 5.24. The minimum Gasteiger partial charge on any atom is -0.278 e. The maximum absolute atomic E-state index is 5.24. The Bertz CT molecular complexity index is 2800. The lowest BCUT2D eigenvalue weighted by atomic mass is 9.99. The van der Waals surface area contributed by atoms with Gasteiger partial charge in [0.1, 0.15) is 0 Å². The summed E-state index contributed by atoms with van der Waals surface area (Å²) < 4.78 is 4.57. The Morgan fingerprint density at radius 3 is 1.62 bits per heavy atom. The first kappa shape index (κ1) is 28.6. The summed E-state index contributed by atoms with van der Waals surface area (Å²) in [6.45, 7) is 0. The van der Waals surface area contributed by atoms with E-state index in [-0.39, 0.29) is 0 Å². The highest BCUT2D eigenvalue weighted by Crippen LogP contribution is 2.41. The molecule has 0 spiro atoms. The molecule has 0 aliphatic rings. The average Bonchev–Trinajstić information content (AvgIpc) is 3.74. The molecule has 4 nitrogen and oxygen atoms in total. The molecule has 0 saturated carbocycles. The van der Waals surface area contributed by atoms with Crippen molar-refractivity contribution in [3.63, 3.8) is 0 Å². The molecule has 7 aromatic carbocycles. The maximum Gasteiger partial charge on any atom is 0.238 e. The van der Waals surface area contributed by atoms with Gasteiger partial charge in [0.2, 0.25) is 5.95 Å². The third kappa shape index (κ3) is 4.71. The summed E-state index contributed by atoms with van der Waals surface area (Å²) in [4.78, 5) is 15.5. The van der Waals surface area contributed by atoms with E-state index >= 15 is 0 Å². The number of benzene rings is 7. The molecule has 0 fully saturated rings. The summed E-state index contributed by atoms with van der Waals surface area (Å²) in [5.74, 6) is 1.90. The van der Waals surface area contributed by atoms with E-state index in [1.807, 2.05) is 18.2 Å². The lowest BCUT2D eigenvalue weighted by Gasteiger charge is -2.11. The van der Waals surface area contributed by atoms with Gasteiger partial charge in [0.25, 0.3) is 0 Å². The largest absolute Gasteiger partial charge is 0.278 e. The zero-order valence-electron chi connectivity index (χ0n) is 26.9. The van der Waals surface area contributed by atoms with Gasteiger partial charge in [-0.25, -0.2) is 4.98 Å². The molecular weight excluding hydrogens is 629 g/mol. The molecule has 0 atom stereocenters. The second-order valence-electron chi connectivity index (χ2n) is 12.5. The lowest BCUT2D eigenvalue weighted by molar-refractivity contribution is 0.954. The van der Waals surface area contributed by atoms with Crippen molar-refractivity contribution < 1.29 is 0 Å². The molecule has 0 unspecified atom stereocenters. The van der Waals surface area contributed by atoms with Gasteiger partial charge in [-0.15, -0.1) is 11.3 Å². The molecule has 5 heteroatoms. The van der Waals surface area contributed by atoms with Gasteiger partial charge < -0.3 is 0 Å². The number of hydrogen-bond acceptors (Lipinski definition) is 4. The van der Waals surface area contributed by atoms with Crippen LogP contribution in [0.3, 0.4) is 0 Å². The molecule has 0 saturated heterocycles. The van der Waals surface area contributed by atoms with Crippen molar-refractivity contribution in [1.29, 1.82) is 0 Å². The highest BCUT2D eigenvalue weighted by Gasteiger charge is 2.19. The first-order valence-corrected chi connectivity index (χ1v) is 17.5. The van der Waals surface area contributed by atoms with Crippen LogP contribution in [0, 0.1) is 0 Å². The Kier molecular flexibility index (Phi) is 6.64. The van der Waals surface area contributed by atoms with Gasteiger partial charge in [-0.05, 0) is 52.6 Å². The van der Waals surface area contributed by atoms with Crippen molar-refractivity contribution in [3.05, 3.63) is 170 Å². The van der Waals surface area contributed by atoms with E-state index in [0.717, 1.165) is 26.9 Å². The Morgan fingerprint density at radius 1 is 0.380 bits per heavy atom. The molecule has 0 aliphatic carbocycles. The Labute approximate surface area is 292 Å². The van der Waals surface area contributed by atoms with E-state index in [0.29, 0.717) is 17.6 Å². The number of nitrogens with zero attached hydrogens (tertiary/aromatic N) is 4. The summed E-state index contributed by atoms with van der Waals surface area (Å²) in [6, 6.07) is 59.7. The van der Waals surface area contributed by atoms with Crippen molar-refractivity contribution in [2.45, 2.75) is 0 Å². The molecule has 10 aromatic rings. The van der Waals surface area contributed by atoms with Gasteiger partial charge in [0.05, 0.1) is 11.0 Å². The number of thiophene rings is 1. The molecule has 3 aromatic heterocycles. The predicted molar refractivity (Wildman–Crippen MR) is 209 cm³/mol. The fourth-order valence-corrected chi connectivity index (χ4v) is 8.27. The fourth-order valence-electron chi connectivity index (χ4n) is 7.08. The Hall–Kier alpha value is -6.43. The van der Waals surface area contributed by atoms with Crippen molar-refractivity contribution in [2.24, 2.45) is 0 Å². The molecular formula is C45H28N4S. The highest BCUT2D eigenvalue weighted by atomic mass is 32.1. The highest BCUT2D eigenvalue weighted by molar-refractivity contribution is 7.26. The summed E-state index contributed by atoms with van der Waals surface area (Å²) in [5.41, 5.74) is 8.91. The molecule has 3 heterocycles.